The molecule has 2 heterocycles. The molecule has 1 aliphatic rings. The molecule has 4 nitrogen and oxygen atoms in total. The van der Waals surface area contributed by atoms with E-state index in [0.717, 1.165) is 13.1 Å². The number of alkyl halides is 5. The van der Waals surface area contributed by atoms with Crippen molar-refractivity contribution >= 4 is 19.8 Å². The molecular formula is C22H20F6N3OP. The summed E-state index contributed by atoms with van der Waals surface area (Å²) in [7, 11) is 0.437. The number of nitrogens with zero attached hydrogens (tertiary/aromatic N) is 3. The van der Waals surface area contributed by atoms with Crippen LogP contribution in [-0.4, -0.2) is 29.5 Å². The Bertz CT molecular complexity index is 1120. The van der Waals surface area contributed by atoms with E-state index in [9.17, 15) is 36.4 Å². The number of amides is 1. The van der Waals surface area contributed by atoms with E-state index in [1.807, 2.05) is 0 Å². The maximum Gasteiger partial charge on any atom is 0.455 e. The number of hydrogen-bond donors (Lipinski definition) is 0. The highest BCUT2D eigenvalue weighted by atomic mass is 31.0. The van der Waals surface area contributed by atoms with Crippen LogP contribution in [0, 0.1) is 17.1 Å². The second-order valence-electron chi connectivity index (χ2n) is 8.34. The van der Waals surface area contributed by atoms with Crippen LogP contribution in [0.15, 0.2) is 24.1 Å². The summed E-state index contributed by atoms with van der Waals surface area (Å²) in [6, 6.07) is 4.87. The first kappa shape index (κ1) is 25.0. The van der Waals surface area contributed by atoms with Gasteiger partial charge >= 0.3 is 12.1 Å². The van der Waals surface area contributed by atoms with E-state index >= 15 is 0 Å². The minimum Gasteiger partial charge on any atom is -0.304 e. The summed E-state index contributed by atoms with van der Waals surface area (Å²) < 4.78 is 80.6. The van der Waals surface area contributed by atoms with Gasteiger partial charge < -0.3 is 4.90 Å². The molecule has 3 rings (SSSR count). The zero-order chi connectivity index (χ0) is 24.8. The van der Waals surface area contributed by atoms with Crippen molar-refractivity contribution in [2.24, 2.45) is 0 Å². The molecule has 1 aliphatic carbocycles. The lowest BCUT2D eigenvalue weighted by molar-refractivity contribution is -0.276. The number of carbonyl (C=O) groups excluding carboxylic acids is 1. The summed E-state index contributed by atoms with van der Waals surface area (Å²) in [5.74, 6) is -5.42. The maximum absolute atomic E-state index is 14.9. The topological polar surface area (TPSA) is 57.0 Å². The third-order valence-electron chi connectivity index (χ3n) is 5.58. The molecule has 0 aromatic carbocycles. The van der Waals surface area contributed by atoms with Crippen LogP contribution < -0.4 is 4.90 Å². The average Bonchev–Trinajstić information content (AvgIpc) is 3.52. The summed E-state index contributed by atoms with van der Waals surface area (Å²) in [6.45, 7) is 2.33. The van der Waals surface area contributed by atoms with Gasteiger partial charge in [-0.1, -0.05) is 22.0 Å². The van der Waals surface area contributed by atoms with Crippen molar-refractivity contribution in [1.82, 2.24) is 4.98 Å². The Morgan fingerprint density at radius 3 is 2.36 bits per heavy atom. The third kappa shape index (κ3) is 4.84. The molecule has 1 saturated carbocycles. The van der Waals surface area contributed by atoms with Gasteiger partial charge in [-0.3, -0.25) is 9.78 Å². The van der Waals surface area contributed by atoms with E-state index < -0.39 is 41.7 Å². The van der Waals surface area contributed by atoms with Gasteiger partial charge in [-0.15, -0.1) is 0 Å². The lowest BCUT2D eigenvalue weighted by Gasteiger charge is -2.30. The number of aromatic nitrogens is 1. The molecule has 0 N–H and O–H groups in total. The Kier molecular flexibility index (Phi) is 6.51. The molecule has 11 heteroatoms. The van der Waals surface area contributed by atoms with Gasteiger partial charge in [0, 0.05) is 6.92 Å². The van der Waals surface area contributed by atoms with E-state index in [0.29, 0.717) is 31.5 Å². The zero-order valence-corrected chi connectivity index (χ0v) is 18.9. The van der Waals surface area contributed by atoms with Crippen molar-refractivity contribution in [3.63, 3.8) is 0 Å². The highest BCUT2D eigenvalue weighted by Gasteiger charge is 2.58. The van der Waals surface area contributed by atoms with E-state index in [1.165, 1.54) is 12.1 Å². The fraction of sp³-hybridized carbons (Fsp3) is 0.455. The van der Waals surface area contributed by atoms with E-state index in [4.69, 9.17) is 0 Å². The van der Waals surface area contributed by atoms with Crippen LogP contribution in [0.4, 0.5) is 32.0 Å². The van der Waals surface area contributed by atoms with Crippen LogP contribution in [-0.2, 0) is 10.2 Å². The Hall–Kier alpha value is -2.66. The summed E-state index contributed by atoms with van der Waals surface area (Å²) >= 11 is 0. The quantitative estimate of drug-likeness (QED) is 0.427. The van der Waals surface area contributed by atoms with Crippen LogP contribution in [0.1, 0.15) is 50.7 Å². The number of hydrogen-bond acceptors (Lipinski definition) is 3. The molecule has 2 aromatic heterocycles. The normalized spacial score (nSPS) is 15.5. The second-order valence-corrected chi connectivity index (χ2v) is 9.30. The zero-order valence-electron chi connectivity index (χ0n) is 18.0. The highest BCUT2D eigenvalue weighted by Crippen LogP contribution is 2.49. The van der Waals surface area contributed by atoms with Crippen molar-refractivity contribution in [2.45, 2.75) is 57.0 Å². The number of carbonyl (C=O) groups is 1. The number of halogens is 6. The summed E-state index contributed by atoms with van der Waals surface area (Å²) in [5.41, 5.74) is 0.170. The molecule has 0 bridgehead atoms. The standard InChI is InChI=1S/C22H20F6N3OP/c1-12(2)15-7-17(19-16(23)6-14(9-33-19)20(10-29)4-5-20)30-8-18(15)31(13(3)32)11-21(24,25)22(26,27)28/h6-9,12H,4-5,11H2,1-3H3. The van der Waals surface area contributed by atoms with Gasteiger partial charge in [-0.2, -0.15) is 27.2 Å². The minimum absolute atomic E-state index is 0.168. The molecule has 33 heavy (non-hydrogen) atoms. The predicted octanol–water partition coefficient (Wildman–Crippen LogP) is 6.70. The van der Waals surface area contributed by atoms with Gasteiger partial charge in [0.25, 0.3) is 0 Å². The molecular weight excluding hydrogens is 467 g/mol. The molecule has 0 atom stereocenters. The Morgan fingerprint density at radius 1 is 1.27 bits per heavy atom. The van der Waals surface area contributed by atoms with Crippen molar-refractivity contribution in [2.75, 3.05) is 11.4 Å². The molecule has 0 spiro atoms. The summed E-state index contributed by atoms with van der Waals surface area (Å²) in [5, 5.41) is 9.49. The third-order valence-corrected chi connectivity index (χ3v) is 6.69. The van der Waals surface area contributed by atoms with Crippen molar-refractivity contribution < 1.29 is 31.1 Å². The monoisotopic (exact) mass is 487 g/mol. The first-order valence-corrected chi connectivity index (χ1v) is 11.0. The molecule has 1 fully saturated rings. The van der Waals surface area contributed by atoms with Gasteiger partial charge in [-0.25, -0.2) is 4.39 Å². The fourth-order valence-corrected chi connectivity index (χ4v) is 4.45. The van der Waals surface area contributed by atoms with Crippen LogP contribution in [0.2, 0.25) is 0 Å². The second kappa shape index (κ2) is 8.60. The van der Waals surface area contributed by atoms with Crippen LogP contribution >= 0.6 is 8.19 Å². The smallest absolute Gasteiger partial charge is 0.304 e. The largest absolute Gasteiger partial charge is 0.455 e. The number of rotatable bonds is 6. The van der Waals surface area contributed by atoms with E-state index in [1.54, 1.807) is 19.6 Å². The number of anilines is 1. The van der Waals surface area contributed by atoms with Gasteiger partial charge in [0.2, 0.25) is 5.91 Å². The Labute approximate surface area is 188 Å². The van der Waals surface area contributed by atoms with Crippen LogP contribution in [0.3, 0.4) is 0 Å². The van der Waals surface area contributed by atoms with E-state index in [2.05, 4.69) is 11.1 Å². The van der Waals surface area contributed by atoms with Crippen molar-refractivity contribution in [3.8, 4) is 17.1 Å². The fourth-order valence-electron chi connectivity index (χ4n) is 3.41. The molecule has 1 amide bonds. The first-order chi connectivity index (χ1) is 15.2. The van der Waals surface area contributed by atoms with Crippen LogP contribution in [0.25, 0.3) is 11.0 Å². The van der Waals surface area contributed by atoms with Crippen molar-refractivity contribution in [3.05, 3.63) is 41.1 Å². The van der Waals surface area contributed by atoms with Gasteiger partial charge in [0.05, 0.1) is 40.9 Å². The van der Waals surface area contributed by atoms with Gasteiger partial charge in [0.15, 0.2) is 0 Å². The molecule has 176 valence electrons. The molecule has 2 aromatic rings. The Balaban J connectivity index is 2.03. The lowest BCUT2D eigenvalue weighted by atomic mass is 9.99. The first-order valence-electron chi connectivity index (χ1n) is 10.0. The molecule has 0 unspecified atom stereocenters. The number of pyridine rings is 1. The Morgan fingerprint density at radius 2 is 1.91 bits per heavy atom. The lowest BCUT2D eigenvalue weighted by Crippen LogP contribution is -2.48. The van der Waals surface area contributed by atoms with Gasteiger partial charge in [-0.05, 0) is 47.8 Å². The van der Waals surface area contributed by atoms with E-state index in [-0.39, 0.29) is 22.2 Å². The number of nitriles is 1. The predicted molar refractivity (Wildman–Crippen MR) is 112 cm³/mol. The molecule has 0 radical (unpaired) electrons. The van der Waals surface area contributed by atoms with Gasteiger partial charge in [0.1, 0.15) is 5.82 Å². The molecule has 0 saturated heterocycles. The van der Waals surface area contributed by atoms with Crippen molar-refractivity contribution in [1.29, 1.82) is 5.26 Å². The maximum atomic E-state index is 14.9. The minimum atomic E-state index is -5.83. The highest BCUT2D eigenvalue weighted by molar-refractivity contribution is 7.33. The van der Waals surface area contributed by atoms with Crippen LogP contribution in [0.5, 0.6) is 0 Å². The summed E-state index contributed by atoms with van der Waals surface area (Å²) in [6.07, 6.45) is -3.51. The SMILES string of the molecule is CC(=O)N(CC(F)(F)C(F)(F)F)c1cnc(-c2pcc(C3(C#N)CC3)cc2F)cc1C(C)C. The average molecular weight is 487 g/mol. The molecule has 0 aliphatic heterocycles. The summed E-state index contributed by atoms with van der Waals surface area (Å²) in [4.78, 5) is 16.4.